The third-order valence-corrected chi connectivity index (χ3v) is 14.2. The van der Waals surface area contributed by atoms with Gasteiger partial charge in [-0.2, -0.15) is 0 Å². The van der Waals surface area contributed by atoms with Crippen molar-refractivity contribution in [1.82, 2.24) is 9.38 Å². The average Bonchev–Trinajstić information content (AvgIpc) is 3.55. The average molecular weight is 637 g/mol. The smallest absolute Gasteiger partial charge is 0.146 e. The molecule has 0 N–H and O–H groups in total. The SMILES string of the molecule is S=P(c1ccccc1)(c1ccccc1)c1ccc(-c2ccccc2-c2ccc3c4ccccc4n4c5ccccc5nc4c3c2)cc1. The van der Waals surface area contributed by atoms with Gasteiger partial charge in [0, 0.05) is 16.8 Å². The first-order chi connectivity index (χ1) is 23.2. The second-order valence-corrected chi connectivity index (χ2v) is 16.3. The van der Waals surface area contributed by atoms with E-state index in [-0.39, 0.29) is 0 Å². The number of benzene rings is 7. The summed E-state index contributed by atoms with van der Waals surface area (Å²) >= 11 is 6.61. The Kier molecular flexibility index (Phi) is 6.64. The fourth-order valence-electron chi connectivity index (χ4n) is 7.04. The number of rotatable bonds is 5. The molecule has 222 valence electrons. The molecule has 0 saturated heterocycles. The van der Waals surface area contributed by atoms with E-state index < -0.39 is 6.04 Å². The zero-order valence-electron chi connectivity index (χ0n) is 25.5. The highest BCUT2D eigenvalue weighted by Gasteiger charge is 2.25. The Hall–Kier alpha value is -5.34. The van der Waals surface area contributed by atoms with Crippen LogP contribution in [0.15, 0.2) is 176 Å². The molecule has 0 fully saturated rings. The molecule has 47 heavy (non-hydrogen) atoms. The van der Waals surface area contributed by atoms with E-state index in [2.05, 4.69) is 180 Å². The van der Waals surface area contributed by atoms with Gasteiger partial charge in [-0.25, -0.2) is 4.98 Å². The summed E-state index contributed by atoms with van der Waals surface area (Å²) in [6, 6.07) is 60.6. The van der Waals surface area contributed by atoms with Gasteiger partial charge in [-0.3, -0.25) is 4.40 Å². The van der Waals surface area contributed by atoms with Crippen molar-refractivity contribution in [3.63, 3.8) is 0 Å². The Morgan fingerprint density at radius 1 is 0.426 bits per heavy atom. The van der Waals surface area contributed by atoms with Gasteiger partial charge < -0.3 is 0 Å². The Morgan fingerprint density at radius 2 is 0.957 bits per heavy atom. The van der Waals surface area contributed by atoms with E-state index in [0.29, 0.717) is 0 Å². The fourth-order valence-corrected chi connectivity index (χ4v) is 10.8. The van der Waals surface area contributed by atoms with Crippen LogP contribution in [0.1, 0.15) is 0 Å². The fraction of sp³-hybridized carbons (Fsp3) is 0. The number of imidazole rings is 1. The van der Waals surface area contributed by atoms with E-state index in [1.54, 1.807) is 0 Å². The van der Waals surface area contributed by atoms with Crippen LogP contribution in [-0.2, 0) is 11.8 Å². The molecule has 4 heteroatoms. The summed E-state index contributed by atoms with van der Waals surface area (Å²) in [4.78, 5) is 5.15. The summed E-state index contributed by atoms with van der Waals surface area (Å²) in [6.45, 7) is 0. The van der Waals surface area contributed by atoms with Gasteiger partial charge in [-0.15, -0.1) is 0 Å². The van der Waals surface area contributed by atoms with E-state index in [9.17, 15) is 0 Å². The van der Waals surface area contributed by atoms with E-state index in [0.717, 1.165) is 22.1 Å². The van der Waals surface area contributed by atoms with Crippen LogP contribution in [0.5, 0.6) is 0 Å². The van der Waals surface area contributed by atoms with E-state index >= 15 is 0 Å². The lowest BCUT2D eigenvalue weighted by Gasteiger charge is -2.24. The summed E-state index contributed by atoms with van der Waals surface area (Å²) in [7, 11) is 0. The predicted octanol–water partition coefficient (Wildman–Crippen LogP) is 9.88. The van der Waals surface area contributed by atoms with E-state index in [1.165, 1.54) is 54.5 Å². The predicted molar refractivity (Wildman–Crippen MR) is 205 cm³/mol. The van der Waals surface area contributed by atoms with Crippen molar-refractivity contribution in [2.24, 2.45) is 0 Å². The number of aromatic nitrogens is 2. The third-order valence-electron chi connectivity index (χ3n) is 9.28. The topological polar surface area (TPSA) is 17.3 Å². The highest BCUT2D eigenvalue weighted by molar-refractivity contribution is 8.25. The molecule has 9 rings (SSSR count). The Balaban J connectivity index is 1.20. The van der Waals surface area contributed by atoms with Gasteiger partial charge >= 0.3 is 0 Å². The number of pyridine rings is 1. The van der Waals surface area contributed by atoms with Crippen LogP contribution in [0, 0.1) is 0 Å². The second-order valence-electron chi connectivity index (χ2n) is 11.9. The minimum Gasteiger partial charge on any atom is -0.292 e. The summed E-state index contributed by atoms with van der Waals surface area (Å²) < 4.78 is 2.31. The monoisotopic (exact) mass is 636 g/mol. The van der Waals surface area contributed by atoms with Crippen molar-refractivity contribution in [1.29, 1.82) is 0 Å². The minimum atomic E-state index is -2.22. The van der Waals surface area contributed by atoms with Crippen LogP contribution in [-0.4, -0.2) is 9.38 Å². The van der Waals surface area contributed by atoms with Gasteiger partial charge in [0.1, 0.15) is 5.65 Å². The highest BCUT2D eigenvalue weighted by atomic mass is 32.4. The van der Waals surface area contributed by atoms with Crippen LogP contribution in [0.25, 0.3) is 60.6 Å². The molecule has 7 aromatic carbocycles. The zero-order chi connectivity index (χ0) is 31.4. The van der Waals surface area contributed by atoms with E-state index in [1.807, 2.05) is 0 Å². The number of hydrogen-bond donors (Lipinski definition) is 0. The minimum absolute atomic E-state index is 0.983. The van der Waals surface area contributed by atoms with Crippen molar-refractivity contribution in [2.75, 3.05) is 0 Å². The van der Waals surface area contributed by atoms with Gasteiger partial charge in [0.05, 0.1) is 16.6 Å². The molecule has 0 aliphatic carbocycles. The first-order valence-corrected chi connectivity index (χ1v) is 18.6. The van der Waals surface area contributed by atoms with Crippen LogP contribution >= 0.6 is 6.04 Å². The summed E-state index contributed by atoms with van der Waals surface area (Å²) in [5.74, 6) is 0. The maximum absolute atomic E-state index is 6.61. The second kappa shape index (κ2) is 11.2. The van der Waals surface area contributed by atoms with Crippen LogP contribution in [0.3, 0.4) is 0 Å². The normalized spacial score (nSPS) is 11.9. The molecule has 2 heterocycles. The molecule has 0 saturated carbocycles. The quantitative estimate of drug-likeness (QED) is 0.138. The highest BCUT2D eigenvalue weighted by Crippen LogP contribution is 2.44. The molecule has 0 aliphatic heterocycles. The van der Waals surface area contributed by atoms with Crippen molar-refractivity contribution in [3.8, 4) is 22.3 Å². The van der Waals surface area contributed by atoms with Crippen molar-refractivity contribution < 1.29 is 0 Å². The van der Waals surface area contributed by atoms with Crippen molar-refractivity contribution in [2.45, 2.75) is 0 Å². The van der Waals surface area contributed by atoms with Crippen molar-refractivity contribution >= 4 is 72.1 Å². The Labute approximate surface area is 278 Å². The molecule has 0 unspecified atom stereocenters. The Morgan fingerprint density at radius 3 is 1.66 bits per heavy atom. The van der Waals surface area contributed by atoms with Gasteiger partial charge in [0.2, 0.25) is 0 Å². The molecule has 0 bridgehead atoms. The lowest BCUT2D eigenvalue weighted by Crippen LogP contribution is -2.24. The molecule has 0 amide bonds. The molecule has 0 radical (unpaired) electrons. The van der Waals surface area contributed by atoms with Gasteiger partial charge in [-0.05, 0) is 67.8 Å². The van der Waals surface area contributed by atoms with Gasteiger partial charge in [-0.1, -0.05) is 163 Å². The van der Waals surface area contributed by atoms with Crippen LogP contribution < -0.4 is 15.9 Å². The van der Waals surface area contributed by atoms with Crippen molar-refractivity contribution in [3.05, 3.63) is 176 Å². The zero-order valence-corrected chi connectivity index (χ0v) is 27.2. The summed E-state index contributed by atoms with van der Waals surface area (Å²) in [5, 5.41) is 7.18. The molecule has 2 aromatic heterocycles. The number of hydrogen-bond acceptors (Lipinski definition) is 2. The maximum Gasteiger partial charge on any atom is 0.146 e. The van der Waals surface area contributed by atoms with Crippen LogP contribution in [0.4, 0.5) is 0 Å². The summed E-state index contributed by atoms with van der Waals surface area (Å²) in [6.07, 6.45) is 0. The largest absolute Gasteiger partial charge is 0.292 e. The van der Waals surface area contributed by atoms with Crippen LogP contribution in [0.2, 0.25) is 0 Å². The first kappa shape index (κ1) is 27.9. The molecule has 9 aromatic rings. The lowest BCUT2D eigenvalue weighted by molar-refractivity contribution is 1.31. The van der Waals surface area contributed by atoms with E-state index in [4.69, 9.17) is 16.8 Å². The lowest BCUT2D eigenvalue weighted by atomic mass is 9.93. The van der Waals surface area contributed by atoms with Gasteiger partial charge in [0.15, 0.2) is 0 Å². The molecule has 0 aliphatic rings. The number of nitrogens with zero attached hydrogens (tertiary/aromatic N) is 2. The molecule has 0 spiro atoms. The first-order valence-electron chi connectivity index (χ1n) is 15.8. The Bertz CT molecular complexity index is 2600. The number of fused-ring (bicyclic) bond motifs is 8. The van der Waals surface area contributed by atoms with Gasteiger partial charge in [0.25, 0.3) is 0 Å². The summed E-state index contributed by atoms with van der Waals surface area (Å²) in [5.41, 5.74) is 9.00. The maximum atomic E-state index is 6.61. The molecule has 0 atom stereocenters. The molecule has 2 nitrogen and oxygen atoms in total. The number of para-hydroxylation sites is 3. The standard InChI is InChI=1S/C43H29N2PS/c47-46(32-13-3-1-4-14-32,33-15-5-2-6-16-33)34-26-23-30(24-27-34)35-17-7-8-18-36(35)31-25-28-37-38-19-9-11-21-41(38)45-42-22-12-10-20-40(42)44-43(45)39(37)29-31/h1-29H. The third kappa shape index (κ3) is 4.47. The molecular formula is C43H29N2PS. The molecular weight excluding hydrogens is 608 g/mol.